The SMILES string of the molecule is COc1nc(-c2cccc(-c3cccc(NC(=O)c4cn(C)c(=O)n(C)c4=O)c3Cl)c2C)cc2c1[C@@H](NC[C@@H]1CCC(=O)N1)CC2. The molecule has 2 aromatic heterocycles. The topological polar surface area (TPSA) is 136 Å². The van der Waals surface area contributed by atoms with E-state index in [0.717, 1.165) is 51.8 Å². The summed E-state index contributed by atoms with van der Waals surface area (Å²) in [6, 6.07) is 13.6. The lowest BCUT2D eigenvalue weighted by Gasteiger charge is -2.20. The molecule has 3 N–H and O–H groups in total. The van der Waals surface area contributed by atoms with Gasteiger partial charge in [-0.2, -0.15) is 0 Å². The minimum atomic E-state index is -0.696. The van der Waals surface area contributed by atoms with E-state index in [1.165, 1.54) is 30.4 Å². The molecule has 6 rings (SSSR count). The fourth-order valence-electron chi connectivity index (χ4n) is 6.41. The van der Waals surface area contributed by atoms with Gasteiger partial charge in [-0.05, 0) is 55.0 Å². The maximum absolute atomic E-state index is 13.1. The van der Waals surface area contributed by atoms with Crippen LogP contribution in [0.2, 0.25) is 5.02 Å². The van der Waals surface area contributed by atoms with Gasteiger partial charge in [0.05, 0.1) is 23.5 Å². The summed E-state index contributed by atoms with van der Waals surface area (Å²) in [5, 5.41) is 9.67. The van der Waals surface area contributed by atoms with Gasteiger partial charge in [-0.3, -0.25) is 19.0 Å². The summed E-state index contributed by atoms with van der Waals surface area (Å²) in [4.78, 5) is 54.4. The van der Waals surface area contributed by atoms with E-state index in [1.54, 1.807) is 19.2 Å². The van der Waals surface area contributed by atoms with Crippen LogP contribution in [0.1, 0.15) is 52.4 Å². The number of benzene rings is 2. The lowest BCUT2D eigenvalue weighted by molar-refractivity contribution is -0.119. The molecule has 2 amide bonds. The number of methoxy groups -OCH3 is 1. The van der Waals surface area contributed by atoms with Crippen molar-refractivity contribution >= 4 is 29.1 Å². The average Bonchev–Trinajstić information content (AvgIpc) is 3.66. The van der Waals surface area contributed by atoms with Gasteiger partial charge in [0.15, 0.2) is 0 Å². The lowest BCUT2D eigenvalue weighted by atomic mass is 9.93. The molecule has 46 heavy (non-hydrogen) atoms. The molecule has 0 unspecified atom stereocenters. The van der Waals surface area contributed by atoms with Gasteiger partial charge in [0.1, 0.15) is 5.56 Å². The number of fused-ring (bicyclic) bond motifs is 1. The largest absolute Gasteiger partial charge is 0.481 e. The summed E-state index contributed by atoms with van der Waals surface area (Å²) in [6.07, 6.45) is 4.42. The Balaban J connectivity index is 1.29. The average molecular weight is 643 g/mol. The van der Waals surface area contributed by atoms with Gasteiger partial charge in [-0.25, -0.2) is 9.78 Å². The zero-order valence-electron chi connectivity index (χ0n) is 26.1. The summed E-state index contributed by atoms with van der Waals surface area (Å²) >= 11 is 6.88. The number of nitrogens with zero attached hydrogens (tertiary/aromatic N) is 3. The van der Waals surface area contributed by atoms with Gasteiger partial charge in [-0.1, -0.05) is 41.9 Å². The maximum Gasteiger partial charge on any atom is 0.330 e. The maximum atomic E-state index is 13.1. The molecule has 2 atom stereocenters. The predicted molar refractivity (Wildman–Crippen MR) is 177 cm³/mol. The molecular formula is C34H35ClN6O5. The van der Waals surface area contributed by atoms with Crippen molar-refractivity contribution in [2.45, 2.75) is 44.7 Å². The molecule has 12 heteroatoms. The number of rotatable bonds is 8. The highest BCUT2D eigenvalue weighted by atomic mass is 35.5. The van der Waals surface area contributed by atoms with Crippen LogP contribution in [0.25, 0.3) is 22.4 Å². The summed E-state index contributed by atoms with van der Waals surface area (Å²) < 4.78 is 7.87. The summed E-state index contributed by atoms with van der Waals surface area (Å²) in [5.41, 5.74) is 5.36. The Bertz CT molecular complexity index is 2000. The first kappa shape index (κ1) is 31.3. The lowest BCUT2D eigenvalue weighted by Crippen LogP contribution is -2.40. The highest BCUT2D eigenvalue weighted by Crippen LogP contribution is 2.42. The minimum Gasteiger partial charge on any atom is -0.481 e. The molecule has 2 aromatic carbocycles. The van der Waals surface area contributed by atoms with E-state index >= 15 is 0 Å². The van der Waals surface area contributed by atoms with E-state index in [2.05, 4.69) is 22.0 Å². The first-order chi connectivity index (χ1) is 22.1. The molecule has 238 valence electrons. The molecule has 4 aromatic rings. The van der Waals surface area contributed by atoms with Crippen molar-refractivity contribution < 1.29 is 14.3 Å². The van der Waals surface area contributed by atoms with Crippen LogP contribution in [0.5, 0.6) is 5.88 Å². The van der Waals surface area contributed by atoms with Crippen molar-refractivity contribution in [1.29, 1.82) is 0 Å². The second kappa shape index (κ2) is 12.6. The number of nitrogens with one attached hydrogen (secondary N) is 3. The van der Waals surface area contributed by atoms with Crippen molar-refractivity contribution in [3.05, 3.63) is 96.8 Å². The third-order valence-electron chi connectivity index (χ3n) is 8.89. The Morgan fingerprint density at radius 1 is 1.07 bits per heavy atom. The number of aryl methyl sites for hydroxylation is 2. The number of carbonyl (C=O) groups is 2. The van der Waals surface area contributed by atoms with Gasteiger partial charge in [0.25, 0.3) is 11.5 Å². The first-order valence-electron chi connectivity index (χ1n) is 15.1. The van der Waals surface area contributed by atoms with Gasteiger partial charge in [0, 0.05) is 62.0 Å². The van der Waals surface area contributed by atoms with Crippen LogP contribution in [0.4, 0.5) is 5.69 Å². The number of aromatic nitrogens is 3. The van der Waals surface area contributed by atoms with Crippen molar-refractivity contribution in [3.8, 4) is 28.3 Å². The van der Waals surface area contributed by atoms with Crippen molar-refractivity contribution in [1.82, 2.24) is 24.8 Å². The molecule has 1 aliphatic heterocycles. The van der Waals surface area contributed by atoms with E-state index in [9.17, 15) is 19.2 Å². The van der Waals surface area contributed by atoms with Crippen molar-refractivity contribution in [2.75, 3.05) is 19.0 Å². The molecule has 1 aliphatic carbocycles. The number of halogens is 1. The third kappa shape index (κ3) is 5.72. The molecule has 0 bridgehead atoms. The summed E-state index contributed by atoms with van der Waals surface area (Å²) in [5.74, 6) is 0.0114. The quantitative estimate of drug-likeness (QED) is 0.265. The van der Waals surface area contributed by atoms with E-state index < -0.39 is 17.2 Å². The zero-order valence-corrected chi connectivity index (χ0v) is 26.8. The summed E-state index contributed by atoms with van der Waals surface area (Å²) in [6.45, 7) is 2.70. The van der Waals surface area contributed by atoms with Crippen LogP contribution in [0.15, 0.2) is 58.3 Å². The van der Waals surface area contributed by atoms with E-state index in [4.69, 9.17) is 21.3 Å². The standard InChI is InChI=1S/C34H35ClN6O5/c1-18-21(23-9-6-10-26(30(23)35)38-31(43)24-17-40(2)34(45)41(3)33(24)44)7-5-8-22(18)27-15-19-11-13-25(29(19)32(39-27)46-4)36-16-20-12-14-28(42)37-20/h5-10,15,17,20,25,36H,11-14,16H2,1-4H3,(H,37,42)(H,38,43)/t20-,25-/m0/s1. The van der Waals surface area contributed by atoms with E-state index in [1.807, 2.05) is 31.2 Å². The second-order valence-electron chi connectivity index (χ2n) is 11.8. The molecule has 0 saturated carbocycles. The first-order valence-corrected chi connectivity index (χ1v) is 15.5. The molecule has 1 saturated heterocycles. The molecule has 11 nitrogen and oxygen atoms in total. The number of anilines is 1. The molecule has 0 spiro atoms. The zero-order chi connectivity index (χ0) is 32.7. The van der Waals surface area contributed by atoms with Gasteiger partial charge < -0.3 is 25.3 Å². The van der Waals surface area contributed by atoms with Crippen LogP contribution in [-0.2, 0) is 25.3 Å². The molecule has 2 aliphatic rings. The van der Waals surface area contributed by atoms with Gasteiger partial charge in [0.2, 0.25) is 11.8 Å². The third-order valence-corrected chi connectivity index (χ3v) is 9.29. The molecule has 1 fully saturated rings. The number of hydrogen-bond acceptors (Lipinski definition) is 7. The fourth-order valence-corrected chi connectivity index (χ4v) is 6.69. The predicted octanol–water partition coefficient (Wildman–Crippen LogP) is 3.89. The number of amides is 2. The Morgan fingerprint density at radius 3 is 2.54 bits per heavy atom. The smallest absolute Gasteiger partial charge is 0.330 e. The summed E-state index contributed by atoms with van der Waals surface area (Å²) in [7, 11) is 4.43. The van der Waals surface area contributed by atoms with Crippen LogP contribution in [-0.4, -0.2) is 45.6 Å². The van der Waals surface area contributed by atoms with Crippen molar-refractivity contribution in [2.24, 2.45) is 14.1 Å². The molecule has 0 radical (unpaired) electrons. The number of pyridine rings is 1. The van der Waals surface area contributed by atoms with Gasteiger partial charge in [-0.15, -0.1) is 0 Å². The van der Waals surface area contributed by atoms with Crippen LogP contribution in [0, 0.1) is 6.92 Å². The van der Waals surface area contributed by atoms with Crippen molar-refractivity contribution in [3.63, 3.8) is 0 Å². The Kier molecular flexibility index (Phi) is 8.54. The van der Waals surface area contributed by atoms with Crippen LogP contribution < -0.4 is 31.9 Å². The fraction of sp³-hybridized carbons (Fsp3) is 0.324. The Morgan fingerprint density at radius 2 is 1.80 bits per heavy atom. The second-order valence-corrected chi connectivity index (χ2v) is 12.2. The Labute approximate surface area is 270 Å². The van der Waals surface area contributed by atoms with Crippen LogP contribution in [0.3, 0.4) is 0 Å². The highest BCUT2D eigenvalue weighted by molar-refractivity contribution is 6.36. The minimum absolute atomic E-state index is 0.0918. The number of hydrogen-bond donors (Lipinski definition) is 3. The normalized spacial score (nSPS) is 17.1. The van der Waals surface area contributed by atoms with E-state index in [0.29, 0.717) is 35.1 Å². The van der Waals surface area contributed by atoms with Gasteiger partial charge >= 0.3 is 5.69 Å². The molecule has 3 heterocycles. The number of ether oxygens (including phenoxy) is 1. The number of carbonyl (C=O) groups excluding carboxylic acids is 2. The monoisotopic (exact) mass is 642 g/mol. The molecular weight excluding hydrogens is 608 g/mol. The van der Waals surface area contributed by atoms with Crippen LogP contribution >= 0.6 is 11.6 Å². The highest BCUT2D eigenvalue weighted by Gasteiger charge is 2.30. The Hall–Kier alpha value is -4.74. The van der Waals surface area contributed by atoms with E-state index in [-0.39, 0.29) is 23.6 Å².